The minimum Gasteiger partial charge on any atom is -0.386 e. The largest absolute Gasteiger partial charge is 0.386 e. The summed E-state index contributed by atoms with van der Waals surface area (Å²) in [5.74, 6) is 0. The van der Waals surface area contributed by atoms with Gasteiger partial charge in [0.1, 0.15) is 6.10 Å². The highest BCUT2D eigenvalue weighted by Gasteiger charge is 2.17. The van der Waals surface area contributed by atoms with Gasteiger partial charge in [-0.15, -0.1) is 0 Å². The molecular weight excluding hydrogens is 256 g/mol. The van der Waals surface area contributed by atoms with Crippen molar-refractivity contribution in [3.05, 3.63) is 34.4 Å². The van der Waals surface area contributed by atoms with Gasteiger partial charge >= 0.3 is 0 Å². The number of para-hydroxylation sites is 1. The number of aliphatic hydroxyl groups excluding tert-OH is 1. The van der Waals surface area contributed by atoms with Crippen molar-refractivity contribution in [2.24, 2.45) is 12.8 Å². The molecule has 1 aromatic heterocycles. The van der Waals surface area contributed by atoms with Crippen LogP contribution < -0.4 is 5.73 Å². The lowest BCUT2D eigenvalue weighted by molar-refractivity contribution is 0.178. The molecule has 0 radical (unpaired) electrons. The molecule has 1 heterocycles. The average molecular weight is 269 g/mol. The fourth-order valence-electron chi connectivity index (χ4n) is 1.85. The summed E-state index contributed by atoms with van der Waals surface area (Å²) in [5.41, 5.74) is 7.40. The topological polar surface area (TPSA) is 51.2 Å². The zero-order valence-corrected chi connectivity index (χ0v) is 10.0. The molecule has 0 aliphatic carbocycles. The van der Waals surface area contributed by atoms with Crippen LogP contribution in [0, 0.1) is 0 Å². The Labute approximate surface area is 96.6 Å². The van der Waals surface area contributed by atoms with Gasteiger partial charge in [-0.25, -0.2) is 0 Å². The lowest BCUT2D eigenvalue weighted by Crippen LogP contribution is -2.14. The van der Waals surface area contributed by atoms with E-state index in [1.165, 1.54) is 0 Å². The van der Waals surface area contributed by atoms with Crippen molar-refractivity contribution in [1.29, 1.82) is 0 Å². The Bertz CT molecular complexity index is 454. The minimum absolute atomic E-state index is 0.225. The van der Waals surface area contributed by atoms with Gasteiger partial charge in [0, 0.05) is 29.0 Å². The van der Waals surface area contributed by atoms with Gasteiger partial charge in [-0.1, -0.05) is 18.2 Å². The summed E-state index contributed by atoms with van der Waals surface area (Å²) in [6, 6.07) is 8.00. The molecule has 0 saturated carbocycles. The molecule has 0 amide bonds. The number of rotatable bonds is 2. The summed E-state index contributed by atoms with van der Waals surface area (Å²) in [7, 11) is 1.93. The van der Waals surface area contributed by atoms with E-state index in [1.807, 2.05) is 35.9 Å². The second-order valence-corrected chi connectivity index (χ2v) is 4.32. The summed E-state index contributed by atoms with van der Waals surface area (Å²) in [4.78, 5) is 0. The second kappa shape index (κ2) is 3.96. The Balaban J connectivity index is 2.75. The first-order valence-corrected chi connectivity index (χ1v) is 5.57. The van der Waals surface area contributed by atoms with E-state index in [-0.39, 0.29) is 6.54 Å². The van der Waals surface area contributed by atoms with E-state index in [9.17, 15) is 5.11 Å². The molecule has 2 rings (SSSR count). The average Bonchev–Trinajstić information content (AvgIpc) is 2.52. The van der Waals surface area contributed by atoms with Crippen LogP contribution in [0.15, 0.2) is 28.7 Å². The van der Waals surface area contributed by atoms with Crippen LogP contribution in [-0.2, 0) is 7.05 Å². The van der Waals surface area contributed by atoms with E-state index in [4.69, 9.17) is 5.73 Å². The molecule has 3 N–H and O–H groups in total. The Morgan fingerprint density at radius 3 is 2.73 bits per heavy atom. The molecule has 0 unspecified atom stereocenters. The van der Waals surface area contributed by atoms with Gasteiger partial charge in [0.15, 0.2) is 0 Å². The van der Waals surface area contributed by atoms with Crippen LogP contribution in [0.25, 0.3) is 10.9 Å². The molecular formula is C11H13BrN2O. The monoisotopic (exact) mass is 268 g/mol. The van der Waals surface area contributed by atoms with E-state index >= 15 is 0 Å². The van der Waals surface area contributed by atoms with Crippen LogP contribution in [-0.4, -0.2) is 16.2 Å². The van der Waals surface area contributed by atoms with Crippen LogP contribution in [0.5, 0.6) is 0 Å². The highest BCUT2D eigenvalue weighted by Crippen LogP contribution is 2.33. The molecule has 0 aliphatic rings. The molecule has 3 nitrogen and oxygen atoms in total. The second-order valence-electron chi connectivity index (χ2n) is 3.53. The maximum absolute atomic E-state index is 9.82. The summed E-state index contributed by atoms with van der Waals surface area (Å²) >= 11 is 3.51. The van der Waals surface area contributed by atoms with Crippen molar-refractivity contribution < 1.29 is 5.11 Å². The zero-order valence-electron chi connectivity index (χ0n) is 8.44. The van der Waals surface area contributed by atoms with Gasteiger partial charge in [-0.3, -0.25) is 0 Å². The first kappa shape index (κ1) is 10.7. The number of fused-ring (bicyclic) bond motifs is 1. The molecule has 1 atom stereocenters. The number of hydrogen-bond donors (Lipinski definition) is 2. The number of nitrogens with two attached hydrogens (primary N) is 1. The van der Waals surface area contributed by atoms with Crippen molar-refractivity contribution in [2.75, 3.05) is 6.54 Å². The number of aryl methyl sites for hydroxylation is 1. The number of nitrogens with zero attached hydrogens (tertiary/aromatic N) is 1. The third-order valence-electron chi connectivity index (χ3n) is 2.63. The lowest BCUT2D eigenvalue weighted by Gasteiger charge is -2.10. The van der Waals surface area contributed by atoms with Gasteiger partial charge in [0.2, 0.25) is 0 Å². The smallest absolute Gasteiger partial charge is 0.107 e. The van der Waals surface area contributed by atoms with Gasteiger partial charge < -0.3 is 15.4 Å². The van der Waals surface area contributed by atoms with E-state index in [2.05, 4.69) is 15.9 Å². The molecule has 0 bridgehead atoms. The molecule has 0 aliphatic heterocycles. The Hall–Kier alpha value is -0.840. The van der Waals surface area contributed by atoms with Gasteiger partial charge in [0.05, 0.1) is 5.69 Å². The van der Waals surface area contributed by atoms with Crippen molar-refractivity contribution in [3.8, 4) is 0 Å². The predicted octanol–water partition coefficient (Wildman–Crippen LogP) is 1.93. The number of benzene rings is 1. The maximum Gasteiger partial charge on any atom is 0.107 e. The van der Waals surface area contributed by atoms with Gasteiger partial charge in [-0.05, 0) is 22.0 Å². The molecule has 80 valence electrons. The first-order chi connectivity index (χ1) is 7.16. The van der Waals surface area contributed by atoms with E-state index in [0.29, 0.717) is 0 Å². The molecule has 0 spiro atoms. The molecule has 0 fully saturated rings. The first-order valence-electron chi connectivity index (χ1n) is 4.77. The fourth-order valence-corrected chi connectivity index (χ4v) is 2.71. The number of halogens is 1. The highest BCUT2D eigenvalue weighted by molar-refractivity contribution is 9.10. The van der Waals surface area contributed by atoms with Crippen LogP contribution in [0.3, 0.4) is 0 Å². The Morgan fingerprint density at radius 2 is 2.13 bits per heavy atom. The maximum atomic E-state index is 9.82. The van der Waals surface area contributed by atoms with Crippen molar-refractivity contribution >= 4 is 26.8 Å². The van der Waals surface area contributed by atoms with Crippen LogP contribution in [0.2, 0.25) is 0 Å². The standard InChI is InChI=1S/C11H13BrN2O/c1-14-8-5-3-2-4-7(8)10(12)11(14)9(15)6-13/h2-5,9,15H,6,13H2,1H3/t9-/m1/s1. The molecule has 2 aromatic rings. The predicted molar refractivity (Wildman–Crippen MR) is 64.6 cm³/mol. The van der Waals surface area contributed by atoms with Crippen LogP contribution in [0.4, 0.5) is 0 Å². The Kier molecular flexibility index (Phi) is 2.82. The van der Waals surface area contributed by atoms with E-state index in [1.54, 1.807) is 0 Å². The Morgan fingerprint density at radius 1 is 1.47 bits per heavy atom. The third-order valence-corrected chi connectivity index (χ3v) is 3.46. The van der Waals surface area contributed by atoms with Gasteiger partial charge in [0.25, 0.3) is 0 Å². The van der Waals surface area contributed by atoms with Gasteiger partial charge in [-0.2, -0.15) is 0 Å². The molecule has 4 heteroatoms. The number of aliphatic hydroxyl groups is 1. The van der Waals surface area contributed by atoms with E-state index < -0.39 is 6.10 Å². The fraction of sp³-hybridized carbons (Fsp3) is 0.273. The number of hydrogen-bond acceptors (Lipinski definition) is 2. The summed E-state index contributed by atoms with van der Waals surface area (Å²) in [6.07, 6.45) is -0.628. The molecule has 0 saturated heterocycles. The van der Waals surface area contributed by atoms with E-state index in [0.717, 1.165) is 21.1 Å². The lowest BCUT2D eigenvalue weighted by atomic mass is 10.2. The van der Waals surface area contributed by atoms with Crippen molar-refractivity contribution in [1.82, 2.24) is 4.57 Å². The zero-order chi connectivity index (χ0) is 11.0. The summed E-state index contributed by atoms with van der Waals surface area (Å²) in [6.45, 7) is 0.225. The molecule has 1 aromatic carbocycles. The van der Waals surface area contributed by atoms with Crippen LogP contribution in [0.1, 0.15) is 11.8 Å². The normalized spacial score (nSPS) is 13.3. The third kappa shape index (κ3) is 1.58. The van der Waals surface area contributed by atoms with Crippen LogP contribution >= 0.6 is 15.9 Å². The van der Waals surface area contributed by atoms with Crippen molar-refractivity contribution in [2.45, 2.75) is 6.10 Å². The summed E-state index contributed by atoms with van der Waals surface area (Å²) < 4.78 is 2.90. The van der Waals surface area contributed by atoms with Crippen molar-refractivity contribution in [3.63, 3.8) is 0 Å². The summed E-state index contributed by atoms with van der Waals surface area (Å²) in [5, 5.41) is 10.9. The minimum atomic E-state index is -0.628. The highest BCUT2D eigenvalue weighted by atomic mass is 79.9. The number of aromatic nitrogens is 1. The SMILES string of the molecule is Cn1c([C@H](O)CN)c(Br)c2ccccc21. The molecule has 15 heavy (non-hydrogen) atoms. The quantitative estimate of drug-likeness (QED) is 0.875.